The predicted octanol–water partition coefficient (Wildman–Crippen LogP) is 12.9. The van der Waals surface area contributed by atoms with Crippen LogP contribution in [-0.4, -0.2) is 116 Å². The van der Waals surface area contributed by atoms with Gasteiger partial charge in [0.1, 0.15) is 0 Å². The molecule has 9 nitrogen and oxygen atoms in total. The molecular formula is C34H53Cu3F18O9Si3. The van der Waals surface area contributed by atoms with Crippen molar-refractivity contribution in [3.05, 3.63) is 95.0 Å². The fourth-order valence-electron chi connectivity index (χ4n) is 1.80. The third-order valence-corrected chi connectivity index (χ3v) is 9.93. The molecule has 0 amide bonds. The molecule has 0 saturated carbocycles. The molecule has 0 rings (SSSR count). The van der Waals surface area contributed by atoms with Gasteiger partial charge in [0.25, 0.3) is 17.3 Å². The number of carbonyl (C=O) groups excluding carboxylic acids is 3. The van der Waals surface area contributed by atoms with Gasteiger partial charge in [0, 0.05) is 47.6 Å². The molecule has 0 saturated heterocycles. The Kier molecular flexibility index (Phi) is 55.6. The van der Waals surface area contributed by atoms with Crippen LogP contribution in [0, 0.1) is 22.3 Å². The molecule has 0 atom stereocenters. The largest absolute Gasteiger partial charge is 1.00 e. The third-order valence-electron chi connectivity index (χ3n) is 4.99. The van der Waals surface area contributed by atoms with Crippen molar-refractivity contribution in [1.82, 2.24) is 0 Å². The Bertz CT molecular complexity index is 1350. The summed E-state index contributed by atoms with van der Waals surface area (Å²) in [7, 11) is 0.558. The Morgan fingerprint density at radius 2 is 0.627 bits per heavy atom. The summed E-state index contributed by atoms with van der Waals surface area (Å²) in [4.78, 5) is 29.6. The molecule has 0 aliphatic carbocycles. The Morgan fingerprint density at radius 1 is 0.448 bits per heavy atom. The van der Waals surface area contributed by atoms with Crippen LogP contribution in [0.25, 0.3) is 0 Å². The number of hydrogen-bond donors (Lipinski definition) is 3. The fraction of sp³-hybridized carbons (Fsp3) is 0.471. The van der Waals surface area contributed by atoms with Crippen LogP contribution in [0.5, 0.6) is 0 Å². The van der Waals surface area contributed by atoms with E-state index >= 15 is 0 Å². The number of rotatable bonds is 10. The molecule has 3 N–H and O–H groups in total. The van der Waals surface area contributed by atoms with Crippen LogP contribution >= 0.6 is 0 Å². The second-order valence-corrected chi connectivity index (χ2v) is 26.2. The van der Waals surface area contributed by atoms with Gasteiger partial charge in [0.05, 0.1) is 8.07 Å². The zero-order valence-corrected chi connectivity index (χ0v) is 43.1. The molecule has 0 aliphatic heterocycles. The van der Waals surface area contributed by atoms with E-state index in [1.54, 1.807) is 27.0 Å². The average molecular weight is 1220 g/mol. The van der Waals surface area contributed by atoms with Crippen LogP contribution in [0.4, 0.5) is 79.0 Å². The summed E-state index contributed by atoms with van der Waals surface area (Å²) < 4.78 is 219. The van der Waals surface area contributed by atoms with E-state index in [9.17, 15) is 93.4 Å². The SMILES string of the molecule is C=CC[Si](C)(C)C.C=C[Si](C)(C)C.C=C[Si](OC)(OC)OC.O=C(C=C(O)C(F)(F)F)C(F)(F)F.O=C(C=C(O)C(F)(F)F)C(F)(F)F.O=C(C=C(O)C(F)(F)F)C(F)(F)F.[CH3-].[CH3-].[CH3-].[Cu+].[Cu+].[Cu+]. The molecule has 0 unspecified atom stereocenters. The molecule has 0 bridgehead atoms. The summed E-state index contributed by atoms with van der Waals surface area (Å²) in [6, 6.07) is 1.24. The first-order valence-corrected chi connectivity index (χ1v) is 24.4. The van der Waals surface area contributed by atoms with Gasteiger partial charge in [-0.3, -0.25) is 14.4 Å². The topological polar surface area (TPSA) is 140 Å². The van der Waals surface area contributed by atoms with E-state index in [2.05, 4.69) is 64.7 Å². The van der Waals surface area contributed by atoms with Gasteiger partial charge in [-0.25, -0.2) is 0 Å². The van der Waals surface area contributed by atoms with Gasteiger partial charge in [-0.1, -0.05) is 51.9 Å². The summed E-state index contributed by atoms with van der Waals surface area (Å²) in [5, 5.41) is 23.8. The maximum Gasteiger partial charge on any atom is 1.00 e. The Labute approximate surface area is 412 Å². The standard InChI is InChI=1S/C6H14Si.3C5H2F6O2.C5H12O3Si.C5H12Si.3CH3.3Cu/c1-5-6-7(2,3)4;3*6-4(7,8)2(12)1-3(13)5(9,10)11;1-5-9(6-2,7-3)8-4;1-5-6(2,3)4;;;;;;/h5H,1,6H2,2-4H3;3*1,12H;5H,1H2,2-4H3;5H,1H2,2-4H3;3*1H3;;;/q;;;;;;3*-1;3*+1. The smallest absolute Gasteiger partial charge is 0.504 e. The minimum Gasteiger partial charge on any atom is -0.504 e. The molecule has 33 heteroatoms. The normalized spacial score (nSPS) is 12.1. The summed E-state index contributed by atoms with van der Waals surface area (Å²) in [5.41, 5.74) is 3.65. The van der Waals surface area contributed by atoms with E-state index < -0.39 is 115 Å². The van der Waals surface area contributed by atoms with E-state index in [1.807, 2.05) is 6.08 Å². The minimum atomic E-state index is -5.42. The van der Waals surface area contributed by atoms with Gasteiger partial charge in [-0.05, 0) is 11.7 Å². The number of aliphatic hydroxyl groups excluding tert-OH is 3. The average Bonchev–Trinajstić information content (AvgIpc) is 3.04. The van der Waals surface area contributed by atoms with Gasteiger partial charge in [-0.15, -0.1) is 18.9 Å². The monoisotopic (exact) mass is 1220 g/mol. The van der Waals surface area contributed by atoms with Gasteiger partial charge >= 0.3 is 97.1 Å². The number of carbonyl (C=O) groups is 3. The van der Waals surface area contributed by atoms with Crippen LogP contribution in [0.1, 0.15) is 0 Å². The molecule has 0 spiro atoms. The second kappa shape index (κ2) is 39.4. The van der Waals surface area contributed by atoms with Gasteiger partial charge < -0.3 is 50.9 Å². The zero-order valence-electron chi connectivity index (χ0n) is 37.3. The molecule has 414 valence electrons. The van der Waals surface area contributed by atoms with Crippen molar-refractivity contribution >= 4 is 42.3 Å². The van der Waals surface area contributed by atoms with Crippen LogP contribution in [0.15, 0.2) is 72.7 Å². The Balaban J connectivity index is -0.0000000543. The van der Waals surface area contributed by atoms with E-state index in [0.29, 0.717) is 0 Å². The molecule has 0 radical (unpaired) electrons. The molecule has 0 fully saturated rings. The number of halogens is 18. The van der Waals surface area contributed by atoms with Crippen molar-refractivity contribution < 1.29 is 173 Å². The van der Waals surface area contributed by atoms with Crippen molar-refractivity contribution in [3.8, 4) is 0 Å². The van der Waals surface area contributed by atoms with E-state index in [1.165, 1.54) is 6.04 Å². The van der Waals surface area contributed by atoms with Crippen molar-refractivity contribution in [2.45, 2.75) is 82.4 Å². The summed E-state index contributed by atoms with van der Waals surface area (Å²) in [5.74, 6) is -16.0. The van der Waals surface area contributed by atoms with Crippen molar-refractivity contribution in [3.63, 3.8) is 0 Å². The maximum atomic E-state index is 11.4. The molecule has 67 heavy (non-hydrogen) atoms. The molecule has 0 aromatic carbocycles. The minimum absolute atomic E-state index is 0. The van der Waals surface area contributed by atoms with Crippen molar-refractivity contribution in [2.24, 2.45) is 0 Å². The van der Waals surface area contributed by atoms with Crippen LogP contribution < -0.4 is 0 Å². The Hall–Kier alpha value is -2.32. The third kappa shape index (κ3) is 57.9. The van der Waals surface area contributed by atoms with Crippen LogP contribution in [0.3, 0.4) is 0 Å². The number of allylic oxidation sites excluding steroid dienone is 7. The zero-order chi connectivity index (χ0) is 51.0. The first-order chi connectivity index (χ1) is 26.5. The summed E-state index contributed by atoms with van der Waals surface area (Å²) in [6.45, 7) is 24.7. The van der Waals surface area contributed by atoms with Crippen LogP contribution in [0.2, 0.25) is 45.3 Å². The number of hydrogen-bond acceptors (Lipinski definition) is 9. The molecule has 0 aliphatic rings. The van der Waals surface area contributed by atoms with E-state index in [4.69, 9.17) is 28.6 Å². The Morgan fingerprint density at radius 3 is 0.672 bits per heavy atom. The first-order valence-electron chi connectivity index (χ1n) is 15.3. The predicted molar refractivity (Wildman–Crippen MR) is 212 cm³/mol. The molecule has 0 heterocycles. The molecule has 0 aromatic rings. The molecular weight excluding hydrogens is 1170 g/mol. The number of aliphatic hydroxyl groups is 3. The number of alkyl halides is 18. The number of ketones is 3. The van der Waals surface area contributed by atoms with Crippen molar-refractivity contribution in [2.75, 3.05) is 21.3 Å². The maximum absolute atomic E-state index is 11.4. The quantitative estimate of drug-likeness (QED) is 0.0487. The van der Waals surface area contributed by atoms with Gasteiger partial charge in [0.2, 0.25) is 17.3 Å². The molecule has 0 aromatic heterocycles. The summed E-state index contributed by atoms with van der Waals surface area (Å²) in [6.07, 6.45) is -33.0. The van der Waals surface area contributed by atoms with Crippen molar-refractivity contribution in [1.29, 1.82) is 0 Å². The van der Waals surface area contributed by atoms with E-state index in [0.717, 1.165) is 0 Å². The second-order valence-electron chi connectivity index (χ2n) is 12.7. The first kappa shape index (κ1) is 94.5. The van der Waals surface area contributed by atoms with Gasteiger partial charge in [-0.2, -0.15) is 79.0 Å². The fourth-order valence-corrected chi connectivity index (χ4v) is 3.66. The van der Waals surface area contributed by atoms with E-state index in [-0.39, 0.29) is 73.5 Å². The summed E-state index contributed by atoms with van der Waals surface area (Å²) >= 11 is 0. The van der Waals surface area contributed by atoms with Crippen LogP contribution in [-0.2, 0) is 78.9 Å². The van der Waals surface area contributed by atoms with Gasteiger partial charge in [0.15, 0.2) is 0 Å².